The molecular weight excluding hydrogens is 316 g/mol. The number of hydrogen-bond acceptors (Lipinski definition) is 1. The predicted octanol–water partition coefficient (Wildman–Crippen LogP) is 5.31. The zero-order chi connectivity index (χ0) is 18.5. The minimum Gasteiger partial charge on any atom is -0.302 e. The van der Waals surface area contributed by atoms with Crippen LogP contribution in [0.5, 0.6) is 0 Å². The highest BCUT2D eigenvalue weighted by Gasteiger charge is 2.09. The molecule has 0 amide bonds. The summed E-state index contributed by atoms with van der Waals surface area (Å²) in [6, 6.07) is 16.8. The molecule has 3 rings (SSSR count). The van der Waals surface area contributed by atoms with Gasteiger partial charge in [-0.3, -0.25) is 0 Å². The van der Waals surface area contributed by atoms with Crippen LogP contribution in [0.2, 0.25) is 0 Å². The normalized spacial score (nSPS) is 11.2. The van der Waals surface area contributed by atoms with E-state index in [0.29, 0.717) is 0 Å². The van der Waals surface area contributed by atoms with Crippen molar-refractivity contribution in [1.29, 1.82) is 0 Å². The minimum absolute atomic E-state index is 0.921. The van der Waals surface area contributed by atoms with Crippen LogP contribution >= 0.6 is 0 Å². The van der Waals surface area contributed by atoms with E-state index in [2.05, 4.69) is 96.9 Å². The second kappa shape index (κ2) is 7.89. The van der Waals surface area contributed by atoms with Crippen molar-refractivity contribution < 1.29 is 0 Å². The van der Waals surface area contributed by atoms with Gasteiger partial charge < -0.3 is 4.57 Å². The molecule has 0 radical (unpaired) electrons. The molecule has 26 heavy (non-hydrogen) atoms. The highest BCUT2D eigenvalue weighted by atomic mass is 15.1. The monoisotopic (exact) mass is 340 g/mol. The standard InChI is InChI=1S/C24H24N2/c1-5-23-17-26(20(4)25-23)24(22-15-11-19(3)12-16-22)8-6-7-21-13-9-18(2)10-14-21/h8-17H,5H2,1-4H3/b24-8-. The number of allylic oxidation sites excluding steroid dienone is 1. The molecule has 0 aliphatic heterocycles. The predicted molar refractivity (Wildman–Crippen MR) is 109 cm³/mol. The number of nitrogens with zero attached hydrogens (tertiary/aromatic N) is 2. The Balaban J connectivity index is 2.04. The van der Waals surface area contributed by atoms with Gasteiger partial charge in [0.25, 0.3) is 0 Å². The molecule has 0 unspecified atom stereocenters. The molecule has 3 aromatic rings. The van der Waals surface area contributed by atoms with Gasteiger partial charge in [-0.2, -0.15) is 0 Å². The lowest BCUT2D eigenvalue weighted by Gasteiger charge is -2.10. The molecule has 0 saturated heterocycles. The second-order valence-electron chi connectivity index (χ2n) is 6.53. The highest BCUT2D eigenvalue weighted by Crippen LogP contribution is 2.20. The van der Waals surface area contributed by atoms with Crippen LogP contribution in [0.3, 0.4) is 0 Å². The van der Waals surface area contributed by atoms with Gasteiger partial charge in [-0.1, -0.05) is 66.3 Å². The SMILES string of the molecule is CCc1cn(/C(=C\C#Cc2ccc(C)cc2)c2ccc(C)cc2)c(C)n1. The van der Waals surface area contributed by atoms with Crippen LogP contribution in [0.25, 0.3) is 5.70 Å². The lowest BCUT2D eigenvalue weighted by Crippen LogP contribution is -2.00. The molecule has 0 spiro atoms. The van der Waals surface area contributed by atoms with Crippen molar-refractivity contribution >= 4 is 5.70 Å². The van der Waals surface area contributed by atoms with E-state index in [0.717, 1.165) is 34.8 Å². The van der Waals surface area contributed by atoms with Crippen molar-refractivity contribution in [2.45, 2.75) is 34.1 Å². The number of rotatable bonds is 3. The van der Waals surface area contributed by atoms with Crippen molar-refractivity contribution in [1.82, 2.24) is 9.55 Å². The summed E-state index contributed by atoms with van der Waals surface area (Å²) in [4.78, 5) is 4.64. The van der Waals surface area contributed by atoms with E-state index in [1.165, 1.54) is 11.1 Å². The van der Waals surface area contributed by atoms with Crippen LogP contribution < -0.4 is 0 Å². The summed E-state index contributed by atoms with van der Waals surface area (Å²) in [6.07, 6.45) is 5.01. The first-order chi connectivity index (χ1) is 12.6. The molecule has 0 bridgehead atoms. The summed E-state index contributed by atoms with van der Waals surface area (Å²) in [6.45, 7) is 8.34. The van der Waals surface area contributed by atoms with E-state index in [9.17, 15) is 0 Å². The van der Waals surface area contributed by atoms with E-state index in [4.69, 9.17) is 0 Å². The molecule has 0 aliphatic rings. The van der Waals surface area contributed by atoms with Crippen LogP contribution in [0, 0.1) is 32.6 Å². The second-order valence-corrected chi connectivity index (χ2v) is 6.53. The topological polar surface area (TPSA) is 17.8 Å². The fourth-order valence-corrected chi connectivity index (χ4v) is 2.79. The maximum atomic E-state index is 4.64. The van der Waals surface area contributed by atoms with Crippen molar-refractivity contribution in [2.24, 2.45) is 0 Å². The third-order valence-corrected chi connectivity index (χ3v) is 4.38. The minimum atomic E-state index is 0.921. The average molecular weight is 340 g/mol. The highest BCUT2D eigenvalue weighted by molar-refractivity contribution is 5.69. The Kier molecular flexibility index (Phi) is 5.39. The molecule has 2 heteroatoms. The molecule has 2 nitrogen and oxygen atoms in total. The molecule has 0 atom stereocenters. The number of imidazole rings is 1. The zero-order valence-corrected chi connectivity index (χ0v) is 15.9. The van der Waals surface area contributed by atoms with Gasteiger partial charge in [-0.15, -0.1) is 0 Å². The van der Waals surface area contributed by atoms with E-state index in [1.807, 2.05) is 13.0 Å². The first-order valence-corrected chi connectivity index (χ1v) is 8.97. The molecule has 130 valence electrons. The van der Waals surface area contributed by atoms with Gasteiger partial charge >= 0.3 is 0 Å². The number of aryl methyl sites for hydroxylation is 4. The average Bonchev–Trinajstić information content (AvgIpc) is 3.02. The maximum absolute atomic E-state index is 4.64. The van der Waals surface area contributed by atoms with Crippen molar-refractivity contribution in [3.05, 3.63) is 94.6 Å². The first kappa shape index (κ1) is 17.8. The summed E-state index contributed by atoms with van der Waals surface area (Å²) >= 11 is 0. The largest absolute Gasteiger partial charge is 0.302 e. The van der Waals surface area contributed by atoms with Crippen molar-refractivity contribution in [3.8, 4) is 11.8 Å². The summed E-state index contributed by atoms with van der Waals surface area (Å²) < 4.78 is 2.13. The van der Waals surface area contributed by atoms with Crippen LogP contribution in [0.15, 0.2) is 60.8 Å². The van der Waals surface area contributed by atoms with Crippen LogP contribution in [-0.2, 0) is 6.42 Å². The van der Waals surface area contributed by atoms with Gasteiger partial charge in [0.15, 0.2) is 0 Å². The van der Waals surface area contributed by atoms with Gasteiger partial charge in [0.2, 0.25) is 0 Å². The molecule has 0 aliphatic carbocycles. The van der Waals surface area contributed by atoms with E-state index in [-0.39, 0.29) is 0 Å². The van der Waals surface area contributed by atoms with Crippen LogP contribution in [0.1, 0.15) is 40.7 Å². The fraction of sp³-hybridized carbons (Fsp3) is 0.208. The Labute approximate surface area is 156 Å². The third kappa shape index (κ3) is 4.13. The lowest BCUT2D eigenvalue weighted by molar-refractivity contribution is 0.992. The van der Waals surface area contributed by atoms with Crippen LogP contribution in [-0.4, -0.2) is 9.55 Å². The molecule has 2 aromatic carbocycles. The van der Waals surface area contributed by atoms with E-state index < -0.39 is 0 Å². The molecule has 1 heterocycles. The fourth-order valence-electron chi connectivity index (χ4n) is 2.79. The maximum Gasteiger partial charge on any atom is 0.110 e. The zero-order valence-electron chi connectivity index (χ0n) is 15.9. The number of hydrogen-bond donors (Lipinski definition) is 0. The van der Waals surface area contributed by atoms with Crippen molar-refractivity contribution in [2.75, 3.05) is 0 Å². The molecule has 0 fully saturated rings. The van der Waals surface area contributed by atoms with Gasteiger partial charge in [0, 0.05) is 17.8 Å². The number of benzene rings is 2. The molecular formula is C24H24N2. The molecule has 1 aromatic heterocycles. The first-order valence-electron chi connectivity index (χ1n) is 8.97. The lowest BCUT2D eigenvalue weighted by atomic mass is 10.1. The summed E-state index contributed by atoms with van der Waals surface area (Å²) in [5, 5.41) is 0. The Bertz CT molecular complexity index is 975. The summed E-state index contributed by atoms with van der Waals surface area (Å²) in [5.41, 5.74) is 6.79. The van der Waals surface area contributed by atoms with Gasteiger partial charge in [0.05, 0.1) is 11.4 Å². The Morgan fingerprint density at radius 1 is 0.962 bits per heavy atom. The Morgan fingerprint density at radius 2 is 1.58 bits per heavy atom. The van der Waals surface area contributed by atoms with Crippen LogP contribution in [0.4, 0.5) is 0 Å². The van der Waals surface area contributed by atoms with E-state index >= 15 is 0 Å². The summed E-state index contributed by atoms with van der Waals surface area (Å²) in [7, 11) is 0. The summed E-state index contributed by atoms with van der Waals surface area (Å²) in [5.74, 6) is 7.44. The quantitative estimate of drug-likeness (QED) is 0.591. The van der Waals surface area contributed by atoms with Gasteiger partial charge in [-0.25, -0.2) is 4.98 Å². The Hall–Kier alpha value is -3.05. The Morgan fingerprint density at radius 3 is 2.15 bits per heavy atom. The van der Waals surface area contributed by atoms with Gasteiger partial charge in [0.1, 0.15) is 5.82 Å². The molecule has 0 N–H and O–H groups in total. The van der Waals surface area contributed by atoms with Gasteiger partial charge in [-0.05, 0) is 44.9 Å². The third-order valence-electron chi connectivity index (χ3n) is 4.38. The number of aromatic nitrogens is 2. The smallest absolute Gasteiger partial charge is 0.110 e. The van der Waals surface area contributed by atoms with E-state index in [1.54, 1.807) is 0 Å². The van der Waals surface area contributed by atoms with Crippen molar-refractivity contribution in [3.63, 3.8) is 0 Å². The molecule has 0 saturated carbocycles.